The number of anilines is 4. The van der Waals surface area contributed by atoms with Gasteiger partial charge >= 0.3 is 5.92 Å². The zero-order valence-corrected chi connectivity index (χ0v) is 36.5. The molecule has 4 aliphatic heterocycles. The predicted molar refractivity (Wildman–Crippen MR) is 234 cm³/mol. The number of nitrogens with one attached hydrogen (secondary N) is 3. The third-order valence-corrected chi connectivity index (χ3v) is 14.3. The van der Waals surface area contributed by atoms with Crippen molar-refractivity contribution in [3.63, 3.8) is 0 Å². The fourth-order valence-corrected chi connectivity index (χ4v) is 10.3. The normalized spacial score (nSPS) is 23.8. The van der Waals surface area contributed by atoms with Crippen molar-refractivity contribution in [2.24, 2.45) is 25.9 Å². The van der Waals surface area contributed by atoms with Crippen molar-refractivity contribution in [3.8, 4) is 5.75 Å². The number of carbonyl (C=O) groups is 2. The minimum Gasteiger partial charge on any atom is -0.480 e. The number of aryl methyl sites for hydroxylation is 2. The number of alkyl halides is 4. The minimum atomic E-state index is -3.19. The maximum atomic E-state index is 15.9. The van der Waals surface area contributed by atoms with Gasteiger partial charge in [-0.3, -0.25) is 24.4 Å². The van der Waals surface area contributed by atoms with Gasteiger partial charge in [-0.1, -0.05) is 11.6 Å². The number of ether oxygens (including phenoxy) is 1. The van der Waals surface area contributed by atoms with Crippen LogP contribution >= 0.6 is 11.6 Å². The molecule has 0 spiro atoms. The summed E-state index contributed by atoms with van der Waals surface area (Å²) < 4.78 is 86.3. The Labute approximate surface area is 374 Å². The van der Waals surface area contributed by atoms with Gasteiger partial charge in [0, 0.05) is 49.4 Å². The van der Waals surface area contributed by atoms with E-state index in [1.807, 2.05) is 0 Å². The van der Waals surface area contributed by atoms with Crippen molar-refractivity contribution in [2.75, 3.05) is 54.9 Å². The zero-order chi connectivity index (χ0) is 45.5. The van der Waals surface area contributed by atoms with Gasteiger partial charge in [-0.2, -0.15) is 10.1 Å². The van der Waals surface area contributed by atoms with Gasteiger partial charge in [0.05, 0.1) is 47.1 Å². The van der Waals surface area contributed by atoms with E-state index in [1.165, 1.54) is 28.8 Å². The first kappa shape index (κ1) is 43.3. The SMILES string of the molecule is Cn1nc(C2CCC(=O)NC2=O)c2cc(F)c(C3CCN(CCC4CCN(c5ncc(Cl)c(Nc6ccc7c(c6)c6c(c(=O)n7C)OCC(F)(F)[C@H](C7CC7)N6)n5)CC4(F)F)CC3)cc21. The number of hydrogen-bond acceptors (Lipinski definition) is 11. The van der Waals surface area contributed by atoms with Gasteiger partial charge in [0.15, 0.2) is 12.4 Å². The molecule has 65 heavy (non-hydrogen) atoms. The van der Waals surface area contributed by atoms with Crippen LogP contribution in [0.15, 0.2) is 41.3 Å². The monoisotopic (exact) mass is 922 g/mol. The summed E-state index contributed by atoms with van der Waals surface area (Å²) in [6.07, 6.45) is 4.95. The van der Waals surface area contributed by atoms with Gasteiger partial charge in [0.1, 0.15) is 10.8 Å². The highest BCUT2D eigenvalue weighted by Crippen LogP contribution is 2.46. The van der Waals surface area contributed by atoms with Crippen LogP contribution in [-0.4, -0.2) is 98.2 Å². The second kappa shape index (κ2) is 16.4. The molecule has 5 aliphatic rings. The van der Waals surface area contributed by atoms with E-state index in [9.17, 15) is 14.4 Å². The molecule has 7 heterocycles. The summed E-state index contributed by atoms with van der Waals surface area (Å²) in [5.41, 5.74) is 2.31. The molecule has 4 fully saturated rings. The van der Waals surface area contributed by atoms with Crippen molar-refractivity contribution >= 4 is 68.4 Å². The number of rotatable bonds is 9. The highest BCUT2D eigenvalue weighted by Gasteiger charge is 2.51. The third kappa shape index (κ3) is 8.12. The van der Waals surface area contributed by atoms with Crippen LogP contribution in [0.5, 0.6) is 5.75 Å². The molecule has 3 aromatic heterocycles. The molecule has 14 nitrogen and oxygen atoms in total. The Morgan fingerprint density at radius 1 is 0.938 bits per heavy atom. The van der Waals surface area contributed by atoms with E-state index < -0.39 is 54.3 Å². The Morgan fingerprint density at radius 2 is 1.72 bits per heavy atom. The summed E-state index contributed by atoms with van der Waals surface area (Å²) in [5.74, 6) is -9.15. The summed E-state index contributed by atoms with van der Waals surface area (Å²) in [6, 6.07) is 7.08. The molecule has 3 N–H and O–H groups in total. The van der Waals surface area contributed by atoms with Crippen LogP contribution in [-0.2, 0) is 23.7 Å². The number of pyridine rings is 1. The summed E-state index contributed by atoms with van der Waals surface area (Å²) in [5, 5.41) is 14.1. The number of piperidine rings is 3. The number of imide groups is 1. The van der Waals surface area contributed by atoms with E-state index in [1.54, 1.807) is 36.0 Å². The van der Waals surface area contributed by atoms with Gasteiger partial charge in [-0.05, 0) is 112 Å². The number of fused-ring (bicyclic) bond motifs is 4. The molecule has 2 amide bonds. The number of hydrogen-bond donors (Lipinski definition) is 3. The molecule has 2 aromatic carbocycles. The Bertz CT molecular complexity index is 2790. The van der Waals surface area contributed by atoms with Gasteiger partial charge in [-0.15, -0.1) is 0 Å². The molecule has 10 rings (SSSR count). The van der Waals surface area contributed by atoms with Gasteiger partial charge in [0.25, 0.3) is 11.5 Å². The Hall–Kier alpha value is -5.56. The van der Waals surface area contributed by atoms with E-state index in [-0.39, 0.29) is 71.0 Å². The lowest BCUT2D eigenvalue weighted by Gasteiger charge is -2.40. The third-order valence-electron chi connectivity index (χ3n) is 14.0. The molecular weight excluding hydrogens is 875 g/mol. The lowest BCUT2D eigenvalue weighted by atomic mass is 9.86. The van der Waals surface area contributed by atoms with Crippen LogP contribution in [0, 0.1) is 17.7 Å². The Balaban J connectivity index is 0.773. The van der Waals surface area contributed by atoms with Crippen LogP contribution in [0.2, 0.25) is 5.02 Å². The van der Waals surface area contributed by atoms with Crippen LogP contribution in [0.25, 0.3) is 21.8 Å². The fraction of sp³-hybridized carbons (Fsp3) is 0.511. The maximum absolute atomic E-state index is 15.9. The van der Waals surface area contributed by atoms with Crippen molar-refractivity contribution in [1.29, 1.82) is 0 Å². The molecule has 5 aromatic rings. The lowest BCUT2D eigenvalue weighted by Crippen LogP contribution is -2.50. The number of halogens is 6. The lowest BCUT2D eigenvalue weighted by molar-refractivity contribution is -0.134. The second-order valence-electron chi connectivity index (χ2n) is 18.3. The number of nitrogens with zero attached hydrogens (tertiary/aromatic N) is 7. The summed E-state index contributed by atoms with van der Waals surface area (Å²) in [7, 11) is 3.29. The molecule has 0 bridgehead atoms. The summed E-state index contributed by atoms with van der Waals surface area (Å²) in [4.78, 5) is 49.9. The average Bonchev–Trinajstić information content (AvgIpc) is 4.08. The number of benzene rings is 2. The molecule has 3 saturated heterocycles. The number of aromatic nitrogens is 5. The number of carbonyl (C=O) groups excluding carboxylic acids is 2. The van der Waals surface area contributed by atoms with E-state index in [0.29, 0.717) is 97.0 Å². The van der Waals surface area contributed by atoms with Crippen molar-refractivity contribution in [1.82, 2.24) is 34.5 Å². The van der Waals surface area contributed by atoms with Gasteiger partial charge < -0.3 is 29.7 Å². The maximum Gasteiger partial charge on any atom is 0.301 e. The topological polar surface area (TPSA) is 152 Å². The first-order valence-corrected chi connectivity index (χ1v) is 22.5. The van der Waals surface area contributed by atoms with E-state index in [2.05, 4.69) is 35.9 Å². The highest BCUT2D eigenvalue weighted by atomic mass is 35.5. The van der Waals surface area contributed by atoms with Gasteiger partial charge in [-0.25, -0.2) is 26.9 Å². The quantitative estimate of drug-likeness (QED) is 0.102. The van der Waals surface area contributed by atoms with Crippen molar-refractivity contribution in [2.45, 2.75) is 81.1 Å². The molecule has 2 unspecified atom stereocenters. The minimum absolute atomic E-state index is 0.0680. The smallest absolute Gasteiger partial charge is 0.301 e. The van der Waals surface area contributed by atoms with E-state index >= 15 is 22.0 Å². The predicted octanol–water partition coefficient (Wildman–Crippen LogP) is 7.22. The molecule has 0 radical (unpaired) electrons. The molecule has 1 saturated carbocycles. The van der Waals surface area contributed by atoms with Crippen LogP contribution in [0.3, 0.4) is 0 Å². The number of amides is 2. The van der Waals surface area contributed by atoms with E-state index in [0.717, 1.165) is 0 Å². The van der Waals surface area contributed by atoms with Crippen LogP contribution in [0.4, 0.5) is 45.1 Å². The first-order valence-electron chi connectivity index (χ1n) is 22.1. The standard InChI is InChI=1S/C45H48ClF5N10O4/c1-58-33-7-5-26(17-29(33)37-38(42(58)64)65-22-45(50,51)39(55-37)24-3-4-24)53-40-31(46)20-52-43(56-40)61-16-12-25(44(48,49)21-61)11-15-60-13-9-23(10-14-60)28-19-34-30(18-32(28)47)36(57-59(34)2)27-6-8-35(62)54-41(27)63/h5,7,17-20,23-25,27,39,55H,3-4,6,8-16,21-22H2,1-2H3,(H,52,53,56)(H,54,62,63)/t25?,27?,39-/m0/s1. The summed E-state index contributed by atoms with van der Waals surface area (Å²) >= 11 is 6.53. The van der Waals surface area contributed by atoms with Crippen molar-refractivity contribution in [3.05, 3.63) is 69.0 Å². The molecule has 3 atom stereocenters. The molecule has 1 aliphatic carbocycles. The van der Waals surface area contributed by atoms with Crippen LogP contribution in [0.1, 0.15) is 74.5 Å². The largest absolute Gasteiger partial charge is 0.480 e. The van der Waals surface area contributed by atoms with Crippen molar-refractivity contribution < 1.29 is 36.3 Å². The number of likely N-dealkylation sites (tertiary alicyclic amines) is 1. The zero-order valence-electron chi connectivity index (χ0n) is 35.8. The molecular formula is C45H48ClF5N10O4. The Kier molecular flexibility index (Phi) is 10.9. The van der Waals surface area contributed by atoms with Crippen LogP contribution < -0.4 is 31.1 Å². The Morgan fingerprint density at radius 3 is 2.46 bits per heavy atom. The molecule has 20 heteroatoms. The fourth-order valence-electron chi connectivity index (χ4n) is 10.2. The van der Waals surface area contributed by atoms with E-state index in [4.69, 9.17) is 16.3 Å². The van der Waals surface area contributed by atoms with Gasteiger partial charge in [0.2, 0.25) is 23.5 Å². The second-order valence-corrected chi connectivity index (χ2v) is 18.7. The first-order chi connectivity index (χ1) is 31.0. The highest BCUT2D eigenvalue weighted by molar-refractivity contribution is 6.33. The summed E-state index contributed by atoms with van der Waals surface area (Å²) in [6.45, 7) is 0.526. The molecule has 344 valence electrons. The average molecular weight is 923 g/mol.